The van der Waals surface area contributed by atoms with Crippen LogP contribution in [0.2, 0.25) is 0 Å². The zero-order valence-electron chi connectivity index (χ0n) is 10.6. The fraction of sp³-hybridized carbons (Fsp3) is 0.615. The lowest BCUT2D eigenvalue weighted by Gasteiger charge is -2.39. The molecule has 1 aromatic heterocycles. The van der Waals surface area contributed by atoms with Crippen LogP contribution < -0.4 is 5.73 Å². The quantitative estimate of drug-likeness (QED) is 0.865. The molecule has 1 saturated heterocycles. The molecule has 0 aliphatic carbocycles. The average Bonchev–Trinajstić information content (AvgIpc) is 2.29. The van der Waals surface area contributed by atoms with Gasteiger partial charge in [0.05, 0.1) is 5.60 Å². The SMILES string of the molecule is COC1(C)CCCN(Cc2ccnc(N)c2)C1. The Morgan fingerprint density at radius 2 is 2.41 bits per heavy atom. The van der Waals surface area contributed by atoms with Crippen LogP contribution in [0, 0.1) is 0 Å². The summed E-state index contributed by atoms with van der Waals surface area (Å²) in [6, 6.07) is 3.97. The largest absolute Gasteiger partial charge is 0.384 e. The standard InChI is InChI=1S/C13H21N3O/c1-13(17-2)5-3-7-16(10-13)9-11-4-6-15-12(14)8-11/h4,6,8H,3,5,7,9-10H2,1-2H3,(H2,14,15). The molecule has 1 aliphatic heterocycles. The van der Waals surface area contributed by atoms with Crippen LogP contribution in [0.5, 0.6) is 0 Å². The molecule has 2 heterocycles. The first kappa shape index (κ1) is 12.3. The van der Waals surface area contributed by atoms with Gasteiger partial charge in [-0.3, -0.25) is 4.90 Å². The molecule has 1 atom stereocenters. The first-order chi connectivity index (χ1) is 8.11. The summed E-state index contributed by atoms with van der Waals surface area (Å²) in [6.45, 7) is 5.21. The van der Waals surface area contributed by atoms with Gasteiger partial charge in [-0.15, -0.1) is 0 Å². The Hall–Kier alpha value is -1.13. The van der Waals surface area contributed by atoms with Crippen molar-refractivity contribution in [3.8, 4) is 0 Å². The van der Waals surface area contributed by atoms with Gasteiger partial charge in [-0.25, -0.2) is 4.98 Å². The summed E-state index contributed by atoms with van der Waals surface area (Å²) in [5.74, 6) is 0.592. The Bertz CT molecular complexity index is 383. The summed E-state index contributed by atoms with van der Waals surface area (Å²) in [7, 11) is 1.80. The zero-order chi connectivity index (χ0) is 12.3. The van der Waals surface area contributed by atoms with Crippen LogP contribution in [0.25, 0.3) is 0 Å². The first-order valence-electron chi connectivity index (χ1n) is 6.09. The monoisotopic (exact) mass is 235 g/mol. The topological polar surface area (TPSA) is 51.4 Å². The molecule has 1 aliphatic rings. The summed E-state index contributed by atoms with van der Waals surface area (Å²) < 4.78 is 5.59. The van der Waals surface area contributed by atoms with Gasteiger partial charge in [0.2, 0.25) is 0 Å². The number of nitrogens with two attached hydrogens (primary N) is 1. The molecule has 0 amide bonds. The molecule has 4 nitrogen and oxygen atoms in total. The van der Waals surface area contributed by atoms with Crippen LogP contribution in [0.1, 0.15) is 25.3 Å². The summed E-state index contributed by atoms with van der Waals surface area (Å²) in [4.78, 5) is 6.43. The summed E-state index contributed by atoms with van der Waals surface area (Å²) in [5, 5.41) is 0. The Kier molecular flexibility index (Phi) is 3.64. The van der Waals surface area contributed by atoms with Crippen LogP contribution in [0.4, 0.5) is 5.82 Å². The number of rotatable bonds is 3. The maximum Gasteiger partial charge on any atom is 0.123 e. The number of methoxy groups -OCH3 is 1. The number of ether oxygens (including phenoxy) is 1. The number of hydrogen-bond acceptors (Lipinski definition) is 4. The molecule has 0 aromatic carbocycles. The molecule has 1 fully saturated rings. The van der Waals surface area contributed by atoms with Crippen molar-refractivity contribution in [1.82, 2.24) is 9.88 Å². The highest BCUT2D eigenvalue weighted by molar-refractivity contribution is 5.31. The van der Waals surface area contributed by atoms with Gasteiger partial charge >= 0.3 is 0 Å². The summed E-state index contributed by atoms with van der Waals surface area (Å²) >= 11 is 0. The van der Waals surface area contributed by atoms with Gasteiger partial charge in [-0.1, -0.05) is 0 Å². The van der Waals surface area contributed by atoms with E-state index < -0.39 is 0 Å². The fourth-order valence-electron chi connectivity index (χ4n) is 2.46. The van der Waals surface area contributed by atoms with Gasteiger partial charge in [0, 0.05) is 26.4 Å². The molecule has 94 valence electrons. The van der Waals surface area contributed by atoms with E-state index in [0.717, 1.165) is 26.1 Å². The number of pyridine rings is 1. The molecular weight excluding hydrogens is 214 g/mol. The van der Waals surface area contributed by atoms with Gasteiger partial charge in [0.15, 0.2) is 0 Å². The lowest BCUT2D eigenvalue weighted by molar-refractivity contribution is -0.0526. The number of nitrogens with zero attached hydrogens (tertiary/aromatic N) is 2. The molecule has 0 saturated carbocycles. The van der Waals surface area contributed by atoms with Crippen LogP contribution in [0.3, 0.4) is 0 Å². The van der Waals surface area contributed by atoms with E-state index in [9.17, 15) is 0 Å². The lowest BCUT2D eigenvalue weighted by atomic mass is 9.94. The Balaban J connectivity index is 1.99. The molecule has 0 radical (unpaired) electrons. The lowest BCUT2D eigenvalue weighted by Crippen LogP contribution is -2.46. The van der Waals surface area contributed by atoms with E-state index in [1.54, 1.807) is 13.3 Å². The summed E-state index contributed by atoms with van der Waals surface area (Å²) in [6.07, 6.45) is 4.09. The van der Waals surface area contributed by atoms with Crippen molar-refractivity contribution in [2.75, 3.05) is 25.9 Å². The normalized spacial score (nSPS) is 26.0. The third-order valence-corrected chi connectivity index (χ3v) is 3.48. The van der Waals surface area contributed by atoms with Crippen molar-refractivity contribution in [2.45, 2.75) is 31.9 Å². The van der Waals surface area contributed by atoms with E-state index >= 15 is 0 Å². The van der Waals surface area contributed by atoms with Gasteiger partial charge < -0.3 is 10.5 Å². The second-order valence-electron chi connectivity index (χ2n) is 5.06. The predicted molar refractivity (Wildman–Crippen MR) is 68.6 cm³/mol. The van der Waals surface area contributed by atoms with E-state index in [2.05, 4.69) is 16.8 Å². The number of aromatic nitrogens is 1. The highest BCUT2D eigenvalue weighted by atomic mass is 16.5. The highest BCUT2D eigenvalue weighted by Crippen LogP contribution is 2.25. The van der Waals surface area contributed by atoms with Crippen LogP contribution >= 0.6 is 0 Å². The molecule has 4 heteroatoms. The number of piperidine rings is 1. The second kappa shape index (κ2) is 5.02. The minimum absolute atomic E-state index is 0.00315. The molecule has 0 spiro atoms. The number of likely N-dealkylation sites (tertiary alicyclic amines) is 1. The van der Waals surface area contributed by atoms with Crippen molar-refractivity contribution < 1.29 is 4.74 Å². The second-order valence-corrected chi connectivity index (χ2v) is 5.06. The molecule has 1 unspecified atom stereocenters. The smallest absolute Gasteiger partial charge is 0.123 e. The van der Waals surface area contributed by atoms with Gasteiger partial charge in [0.25, 0.3) is 0 Å². The van der Waals surface area contributed by atoms with E-state index in [-0.39, 0.29) is 5.60 Å². The number of anilines is 1. The average molecular weight is 235 g/mol. The third kappa shape index (κ3) is 3.17. The summed E-state index contributed by atoms with van der Waals surface area (Å²) in [5.41, 5.74) is 6.91. The fourth-order valence-corrected chi connectivity index (χ4v) is 2.46. The molecule has 2 rings (SSSR count). The molecule has 1 aromatic rings. The van der Waals surface area contributed by atoms with E-state index in [1.807, 2.05) is 12.1 Å². The molecule has 2 N–H and O–H groups in total. The Morgan fingerprint density at radius 1 is 1.59 bits per heavy atom. The number of hydrogen-bond donors (Lipinski definition) is 1. The zero-order valence-corrected chi connectivity index (χ0v) is 10.6. The minimum Gasteiger partial charge on any atom is -0.384 e. The van der Waals surface area contributed by atoms with Crippen LogP contribution in [-0.4, -0.2) is 35.7 Å². The molecular formula is C13H21N3O. The van der Waals surface area contributed by atoms with Crippen LogP contribution in [0.15, 0.2) is 18.3 Å². The molecule has 0 bridgehead atoms. The number of nitrogen functional groups attached to an aromatic ring is 1. The Labute approximate surface area is 103 Å². The van der Waals surface area contributed by atoms with E-state index in [1.165, 1.54) is 12.0 Å². The maximum absolute atomic E-state index is 5.69. The molecule has 17 heavy (non-hydrogen) atoms. The van der Waals surface area contributed by atoms with Crippen molar-refractivity contribution in [2.24, 2.45) is 0 Å². The van der Waals surface area contributed by atoms with Gasteiger partial charge in [-0.05, 0) is 44.0 Å². The first-order valence-corrected chi connectivity index (χ1v) is 6.09. The predicted octanol–water partition coefficient (Wildman–Crippen LogP) is 1.66. The third-order valence-electron chi connectivity index (χ3n) is 3.48. The maximum atomic E-state index is 5.69. The van der Waals surface area contributed by atoms with E-state index in [4.69, 9.17) is 10.5 Å². The Morgan fingerprint density at radius 3 is 3.12 bits per heavy atom. The van der Waals surface area contributed by atoms with Crippen molar-refractivity contribution >= 4 is 5.82 Å². The van der Waals surface area contributed by atoms with Gasteiger partial charge in [0.1, 0.15) is 5.82 Å². The van der Waals surface area contributed by atoms with Crippen molar-refractivity contribution in [3.63, 3.8) is 0 Å². The van der Waals surface area contributed by atoms with Gasteiger partial charge in [-0.2, -0.15) is 0 Å². The van der Waals surface area contributed by atoms with Crippen LogP contribution in [-0.2, 0) is 11.3 Å². The highest BCUT2D eigenvalue weighted by Gasteiger charge is 2.30. The van der Waals surface area contributed by atoms with Crippen molar-refractivity contribution in [1.29, 1.82) is 0 Å². The van der Waals surface area contributed by atoms with E-state index in [0.29, 0.717) is 5.82 Å². The minimum atomic E-state index is -0.00315. The van der Waals surface area contributed by atoms with Crippen molar-refractivity contribution in [3.05, 3.63) is 23.9 Å².